The van der Waals surface area contributed by atoms with Crippen LogP contribution < -0.4 is 4.74 Å². The van der Waals surface area contributed by atoms with Crippen LogP contribution in [0.3, 0.4) is 0 Å². The molecule has 72 valence electrons. The second kappa shape index (κ2) is 3.94. The quantitative estimate of drug-likeness (QED) is 0.802. The molecule has 1 atom stereocenters. The van der Waals surface area contributed by atoms with E-state index in [0.717, 1.165) is 0 Å². The molecule has 13 heavy (non-hydrogen) atoms. The summed E-state index contributed by atoms with van der Waals surface area (Å²) in [5.74, 6) is -0.167. The first-order chi connectivity index (χ1) is 6.07. The minimum absolute atomic E-state index is 0.0886. The van der Waals surface area contributed by atoms with Gasteiger partial charge in [-0.1, -0.05) is 11.6 Å². The highest BCUT2D eigenvalue weighted by Crippen LogP contribution is 2.33. The Hall–Kier alpha value is -0.800. The first-order valence-electron chi connectivity index (χ1n) is 3.78. The van der Waals surface area contributed by atoms with E-state index in [-0.39, 0.29) is 10.6 Å². The first-order valence-corrected chi connectivity index (χ1v) is 4.15. The number of ether oxygens (including phenoxy) is 1. The van der Waals surface area contributed by atoms with Crippen LogP contribution in [0, 0.1) is 5.82 Å². The van der Waals surface area contributed by atoms with Crippen molar-refractivity contribution < 1.29 is 14.2 Å². The molecule has 1 rings (SSSR count). The van der Waals surface area contributed by atoms with Gasteiger partial charge in [0.25, 0.3) is 0 Å². The zero-order valence-electron chi connectivity index (χ0n) is 7.34. The van der Waals surface area contributed by atoms with Gasteiger partial charge >= 0.3 is 0 Å². The fourth-order valence-corrected chi connectivity index (χ4v) is 1.43. The highest BCUT2D eigenvalue weighted by molar-refractivity contribution is 6.31. The van der Waals surface area contributed by atoms with E-state index in [0.29, 0.717) is 5.75 Å². The standard InChI is InChI=1S/C9H10ClFO2/c1-5(12)8-7(13-2)4-3-6(11)9(8)10/h3-5,12H,1-2H3. The fraction of sp³-hybridized carbons (Fsp3) is 0.333. The Kier molecular flexibility index (Phi) is 3.12. The molecule has 0 bridgehead atoms. The molecule has 1 N–H and O–H groups in total. The lowest BCUT2D eigenvalue weighted by atomic mass is 10.1. The van der Waals surface area contributed by atoms with Crippen LogP contribution in [0.5, 0.6) is 5.75 Å². The minimum atomic E-state index is -0.849. The molecule has 0 aliphatic heterocycles. The number of aliphatic hydroxyl groups excluding tert-OH is 1. The van der Waals surface area contributed by atoms with E-state index in [4.69, 9.17) is 16.3 Å². The summed E-state index contributed by atoms with van der Waals surface area (Å²) in [5.41, 5.74) is 0.282. The molecular formula is C9H10ClFO2. The Labute approximate surface area is 80.9 Å². The van der Waals surface area contributed by atoms with E-state index >= 15 is 0 Å². The second-order valence-corrected chi connectivity index (χ2v) is 3.03. The van der Waals surface area contributed by atoms with Gasteiger partial charge in [0.15, 0.2) is 0 Å². The molecule has 0 amide bonds. The third kappa shape index (κ3) is 1.92. The molecule has 0 heterocycles. The maximum absolute atomic E-state index is 13.0. The summed E-state index contributed by atoms with van der Waals surface area (Å²) in [6.07, 6.45) is -0.849. The van der Waals surface area contributed by atoms with Crippen molar-refractivity contribution in [1.29, 1.82) is 0 Å². The Bertz CT molecular complexity index is 313. The van der Waals surface area contributed by atoms with Crippen LogP contribution in [0.2, 0.25) is 5.02 Å². The van der Waals surface area contributed by atoms with Gasteiger partial charge in [-0.15, -0.1) is 0 Å². The average molecular weight is 205 g/mol. The number of hydrogen-bond acceptors (Lipinski definition) is 2. The predicted molar refractivity (Wildman–Crippen MR) is 48.6 cm³/mol. The van der Waals surface area contributed by atoms with Gasteiger partial charge in [-0.3, -0.25) is 0 Å². The largest absolute Gasteiger partial charge is 0.496 e. The molecule has 1 aromatic rings. The number of aliphatic hydroxyl groups is 1. The summed E-state index contributed by atoms with van der Waals surface area (Å²) in [6.45, 7) is 1.50. The number of hydrogen-bond donors (Lipinski definition) is 1. The molecule has 0 saturated carbocycles. The zero-order chi connectivity index (χ0) is 10.0. The number of halogens is 2. The Morgan fingerprint density at radius 1 is 1.54 bits per heavy atom. The van der Waals surface area contributed by atoms with Gasteiger partial charge < -0.3 is 9.84 Å². The molecule has 0 fully saturated rings. The maximum Gasteiger partial charge on any atom is 0.142 e. The van der Waals surface area contributed by atoms with E-state index in [2.05, 4.69) is 0 Å². The molecule has 2 nitrogen and oxygen atoms in total. The van der Waals surface area contributed by atoms with E-state index in [9.17, 15) is 9.50 Å². The van der Waals surface area contributed by atoms with Crippen LogP contribution in [0.4, 0.5) is 4.39 Å². The molecule has 1 aromatic carbocycles. The molecule has 0 spiro atoms. The monoisotopic (exact) mass is 204 g/mol. The van der Waals surface area contributed by atoms with Crippen molar-refractivity contribution in [2.24, 2.45) is 0 Å². The molecule has 0 saturated heterocycles. The molecular weight excluding hydrogens is 195 g/mol. The summed E-state index contributed by atoms with van der Waals surface area (Å²) in [4.78, 5) is 0. The molecule has 0 radical (unpaired) electrons. The summed E-state index contributed by atoms with van der Waals surface area (Å²) in [5, 5.41) is 9.22. The van der Waals surface area contributed by atoms with Crippen molar-refractivity contribution >= 4 is 11.6 Å². The van der Waals surface area contributed by atoms with Gasteiger partial charge in [0.2, 0.25) is 0 Å². The summed E-state index contributed by atoms with van der Waals surface area (Å²) in [7, 11) is 1.44. The van der Waals surface area contributed by atoms with Gasteiger partial charge in [-0.2, -0.15) is 0 Å². The predicted octanol–water partition coefficient (Wildman–Crippen LogP) is 2.54. The van der Waals surface area contributed by atoms with Crippen molar-refractivity contribution in [1.82, 2.24) is 0 Å². The third-order valence-electron chi connectivity index (χ3n) is 1.73. The van der Waals surface area contributed by atoms with Gasteiger partial charge in [0.05, 0.1) is 18.2 Å². The lowest BCUT2D eigenvalue weighted by Crippen LogP contribution is -1.99. The van der Waals surface area contributed by atoms with Gasteiger partial charge in [0.1, 0.15) is 11.6 Å². The third-order valence-corrected chi connectivity index (χ3v) is 2.11. The lowest BCUT2D eigenvalue weighted by molar-refractivity contribution is 0.194. The van der Waals surface area contributed by atoms with Crippen LogP contribution in [-0.4, -0.2) is 12.2 Å². The fourth-order valence-electron chi connectivity index (χ4n) is 1.12. The van der Waals surface area contributed by atoms with E-state index in [1.165, 1.54) is 26.2 Å². The average Bonchev–Trinajstić information content (AvgIpc) is 2.08. The van der Waals surface area contributed by atoms with Gasteiger partial charge in [-0.25, -0.2) is 4.39 Å². The van der Waals surface area contributed by atoms with Crippen LogP contribution in [0.15, 0.2) is 12.1 Å². The number of methoxy groups -OCH3 is 1. The second-order valence-electron chi connectivity index (χ2n) is 2.65. The van der Waals surface area contributed by atoms with Crippen molar-refractivity contribution in [2.75, 3.05) is 7.11 Å². The van der Waals surface area contributed by atoms with Crippen molar-refractivity contribution in [3.05, 3.63) is 28.5 Å². The van der Waals surface area contributed by atoms with Crippen molar-refractivity contribution in [3.8, 4) is 5.75 Å². The molecule has 1 unspecified atom stereocenters. The Morgan fingerprint density at radius 2 is 2.15 bits per heavy atom. The Morgan fingerprint density at radius 3 is 2.62 bits per heavy atom. The number of benzene rings is 1. The van der Waals surface area contributed by atoms with Crippen molar-refractivity contribution in [2.45, 2.75) is 13.0 Å². The summed E-state index contributed by atoms with van der Waals surface area (Å²) < 4.78 is 17.9. The van der Waals surface area contributed by atoms with E-state index < -0.39 is 11.9 Å². The summed E-state index contributed by atoms with van der Waals surface area (Å²) >= 11 is 5.66. The highest BCUT2D eigenvalue weighted by atomic mass is 35.5. The normalized spacial score (nSPS) is 12.7. The number of rotatable bonds is 2. The van der Waals surface area contributed by atoms with Crippen LogP contribution in [0.25, 0.3) is 0 Å². The molecule has 0 aliphatic rings. The SMILES string of the molecule is COc1ccc(F)c(Cl)c1C(C)O. The van der Waals surface area contributed by atoms with Crippen molar-refractivity contribution in [3.63, 3.8) is 0 Å². The van der Waals surface area contributed by atoms with E-state index in [1.807, 2.05) is 0 Å². The van der Waals surface area contributed by atoms with Crippen LogP contribution in [0.1, 0.15) is 18.6 Å². The molecule has 0 aliphatic carbocycles. The topological polar surface area (TPSA) is 29.5 Å². The van der Waals surface area contributed by atoms with Crippen LogP contribution >= 0.6 is 11.6 Å². The maximum atomic E-state index is 13.0. The molecule has 4 heteroatoms. The van der Waals surface area contributed by atoms with Crippen LogP contribution in [-0.2, 0) is 0 Å². The Balaban J connectivity index is 3.32. The highest BCUT2D eigenvalue weighted by Gasteiger charge is 2.16. The lowest BCUT2D eigenvalue weighted by Gasteiger charge is -2.12. The summed E-state index contributed by atoms with van der Waals surface area (Å²) in [6, 6.07) is 2.64. The van der Waals surface area contributed by atoms with Gasteiger partial charge in [0, 0.05) is 5.56 Å². The smallest absolute Gasteiger partial charge is 0.142 e. The minimum Gasteiger partial charge on any atom is -0.496 e. The molecule has 0 aromatic heterocycles. The zero-order valence-corrected chi connectivity index (χ0v) is 8.10. The van der Waals surface area contributed by atoms with E-state index in [1.54, 1.807) is 0 Å². The van der Waals surface area contributed by atoms with Gasteiger partial charge in [-0.05, 0) is 19.1 Å². The first kappa shape index (κ1) is 10.3.